The van der Waals surface area contributed by atoms with Crippen LogP contribution in [0.15, 0.2) is 29.3 Å². The van der Waals surface area contributed by atoms with Gasteiger partial charge in [-0.2, -0.15) is 0 Å². The monoisotopic (exact) mass is 389 g/mol. The average molecular weight is 390 g/mol. The van der Waals surface area contributed by atoms with E-state index in [9.17, 15) is 4.79 Å². The van der Waals surface area contributed by atoms with Gasteiger partial charge in [0.15, 0.2) is 5.96 Å². The Balaban J connectivity index is 1.90. The number of hydrogen-bond acceptors (Lipinski definition) is 4. The number of guanidine groups is 1. The summed E-state index contributed by atoms with van der Waals surface area (Å²) in [4.78, 5) is 20.5. The number of carbonyl (C=O) groups is 1. The summed E-state index contributed by atoms with van der Waals surface area (Å²) in [5.41, 5.74) is 2.50. The fourth-order valence-electron chi connectivity index (χ4n) is 3.30. The van der Waals surface area contributed by atoms with Crippen LogP contribution < -0.4 is 10.6 Å². The van der Waals surface area contributed by atoms with Gasteiger partial charge in [0.2, 0.25) is 0 Å². The summed E-state index contributed by atoms with van der Waals surface area (Å²) >= 11 is 0. The Morgan fingerprint density at radius 3 is 2.61 bits per heavy atom. The molecule has 0 saturated carbocycles. The van der Waals surface area contributed by atoms with E-state index in [1.807, 2.05) is 6.92 Å². The van der Waals surface area contributed by atoms with Gasteiger partial charge < -0.3 is 25.2 Å². The molecule has 2 N–H and O–H groups in total. The van der Waals surface area contributed by atoms with Crippen LogP contribution >= 0.6 is 0 Å². The Bertz CT molecular complexity index is 639. The molecular formula is C21H35N5O2. The molecule has 1 heterocycles. The van der Waals surface area contributed by atoms with Crippen molar-refractivity contribution in [3.8, 4) is 0 Å². The number of likely N-dealkylation sites (tertiary alicyclic amines) is 1. The third-order valence-corrected chi connectivity index (χ3v) is 4.62. The van der Waals surface area contributed by atoms with Gasteiger partial charge in [-0.25, -0.2) is 9.79 Å². The quantitative estimate of drug-likeness (QED) is 0.554. The number of hydrogen-bond donors (Lipinski definition) is 2. The maximum absolute atomic E-state index is 11.8. The van der Waals surface area contributed by atoms with Gasteiger partial charge in [0.05, 0.1) is 13.2 Å². The number of benzene rings is 1. The van der Waals surface area contributed by atoms with Crippen molar-refractivity contribution in [3.05, 3.63) is 35.4 Å². The van der Waals surface area contributed by atoms with Crippen LogP contribution in [0.4, 0.5) is 4.79 Å². The second kappa shape index (κ2) is 11.5. The van der Waals surface area contributed by atoms with Gasteiger partial charge in [0.25, 0.3) is 0 Å². The van der Waals surface area contributed by atoms with E-state index < -0.39 is 0 Å². The Kier molecular flexibility index (Phi) is 9.07. The number of carbonyl (C=O) groups excluding carboxylic acids is 1. The van der Waals surface area contributed by atoms with Crippen LogP contribution in [-0.4, -0.2) is 68.2 Å². The van der Waals surface area contributed by atoms with Crippen molar-refractivity contribution >= 4 is 12.1 Å². The van der Waals surface area contributed by atoms with Gasteiger partial charge in [0, 0.05) is 32.2 Å². The van der Waals surface area contributed by atoms with E-state index in [2.05, 4.69) is 60.8 Å². The van der Waals surface area contributed by atoms with Crippen LogP contribution in [0.1, 0.15) is 37.8 Å². The number of nitrogens with one attached hydrogen (secondary N) is 2. The van der Waals surface area contributed by atoms with Crippen molar-refractivity contribution in [1.29, 1.82) is 0 Å². The Morgan fingerprint density at radius 2 is 1.96 bits per heavy atom. The maximum Gasteiger partial charge on any atom is 0.409 e. The van der Waals surface area contributed by atoms with E-state index in [1.54, 1.807) is 4.90 Å². The standard InChI is InChI=1S/C21H35N5O2/c1-5-22-20(23-15-17-8-7-9-18(14-17)16-25(3)4)24-19-10-12-26(13-11-19)21(27)28-6-2/h7-9,14,19H,5-6,10-13,15-16H2,1-4H3,(H2,22,23,24). The fourth-order valence-corrected chi connectivity index (χ4v) is 3.30. The van der Waals surface area contributed by atoms with E-state index >= 15 is 0 Å². The second-order valence-electron chi connectivity index (χ2n) is 7.36. The molecule has 156 valence electrons. The van der Waals surface area contributed by atoms with E-state index in [1.165, 1.54) is 11.1 Å². The number of nitrogens with zero attached hydrogens (tertiary/aromatic N) is 3. The van der Waals surface area contributed by atoms with Crippen LogP contribution in [0.3, 0.4) is 0 Å². The topological polar surface area (TPSA) is 69.2 Å². The number of piperidine rings is 1. The molecule has 2 rings (SSSR count). The lowest BCUT2D eigenvalue weighted by Gasteiger charge is -2.32. The van der Waals surface area contributed by atoms with E-state index in [0.717, 1.165) is 31.9 Å². The summed E-state index contributed by atoms with van der Waals surface area (Å²) < 4.78 is 5.08. The normalized spacial score (nSPS) is 15.6. The van der Waals surface area contributed by atoms with Crippen molar-refractivity contribution in [2.45, 2.75) is 45.8 Å². The van der Waals surface area contributed by atoms with Gasteiger partial charge >= 0.3 is 6.09 Å². The van der Waals surface area contributed by atoms with Crippen molar-refractivity contribution in [2.24, 2.45) is 4.99 Å². The summed E-state index contributed by atoms with van der Waals surface area (Å²) in [6, 6.07) is 8.88. The molecule has 0 aromatic heterocycles. The summed E-state index contributed by atoms with van der Waals surface area (Å²) in [5, 5.41) is 6.84. The van der Waals surface area contributed by atoms with Crippen LogP contribution in [-0.2, 0) is 17.8 Å². The first-order chi connectivity index (χ1) is 13.5. The van der Waals surface area contributed by atoms with Crippen LogP contribution in [0.2, 0.25) is 0 Å². The first-order valence-corrected chi connectivity index (χ1v) is 10.2. The Hall–Kier alpha value is -2.28. The summed E-state index contributed by atoms with van der Waals surface area (Å²) in [5.74, 6) is 0.829. The predicted octanol–water partition coefficient (Wildman–Crippen LogP) is 2.42. The molecule has 0 spiro atoms. The molecule has 1 aliphatic heterocycles. The molecule has 1 aromatic rings. The lowest BCUT2D eigenvalue weighted by molar-refractivity contribution is 0.0963. The minimum atomic E-state index is -0.209. The smallest absolute Gasteiger partial charge is 0.409 e. The van der Waals surface area contributed by atoms with Crippen LogP contribution in [0, 0.1) is 0 Å². The zero-order valence-corrected chi connectivity index (χ0v) is 17.7. The van der Waals surface area contributed by atoms with E-state index in [-0.39, 0.29) is 6.09 Å². The summed E-state index contributed by atoms with van der Waals surface area (Å²) in [6.45, 7) is 8.12. The number of rotatable bonds is 7. The largest absolute Gasteiger partial charge is 0.450 e. The molecule has 7 nitrogen and oxygen atoms in total. The highest BCUT2D eigenvalue weighted by Gasteiger charge is 2.24. The summed E-state index contributed by atoms with van der Waals surface area (Å²) in [6.07, 6.45) is 1.57. The molecule has 7 heteroatoms. The second-order valence-corrected chi connectivity index (χ2v) is 7.36. The zero-order valence-electron chi connectivity index (χ0n) is 17.7. The van der Waals surface area contributed by atoms with Gasteiger partial charge in [-0.05, 0) is 51.9 Å². The SMILES string of the molecule is CCNC(=NCc1cccc(CN(C)C)c1)NC1CCN(C(=O)OCC)CC1. The summed E-state index contributed by atoms with van der Waals surface area (Å²) in [7, 11) is 4.15. The average Bonchev–Trinajstić information content (AvgIpc) is 2.67. The Labute approximate surface area is 169 Å². The molecule has 0 atom stereocenters. The molecule has 1 saturated heterocycles. The molecule has 28 heavy (non-hydrogen) atoms. The third kappa shape index (κ3) is 7.38. The van der Waals surface area contributed by atoms with Gasteiger partial charge in [-0.1, -0.05) is 24.3 Å². The van der Waals surface area contributed by atoms with Gasteiger partial charge in [-0.3, -0.25) is 0 Å². The van der Waals surface area contributed by atoms with Crippen LogP contribution in [0.5, 0.6) is 0 Å². The lowest BCUT2D eigenvalue weighted by Crippen LogP contribution is -2.49. The molecule has 1 amide bonds. The predicted molar refractivity (Wildman–Crippen MR) is 113 cm³/mol. The molecule has 1 aromatic carbocycles. The van der Waals surface area contributed by atoms with Crippen molar-refractivity contribution in [2.75, 3.05) is 40.3 Å². The van der Waals surface area contributed by atoms with Crippen molar-refractivity contribution in [1.82, 2.24) is 20.4 Å². The molecule has 0 aliphatic carbocycles. The zero-order chi connectivity index (χ0) is 20.4. The van der Waals surface area contributed by atoms with E-state index in [0.29, 0.717) is 32.3 Å². The number of ether oxygens (including phenoxy) is 1. The van der Waals surface area contributed by atoms with Crippen LogP contribution in [0.25, 0.3) is 0 Å². The third-order valence-electron chi connectivity index (χ3n) is 4.62. The highest BCUT2D eigenvalue weighted by molar-refractivity contribution is 5.80. The highest BCUT2D eigenvalue weighted by Crippen LogP contribution is 2.12. The molecule has 0 unspecified atom stereocenters. The maximum atomic E-state index is 11.8. The molecule has 1 fully saturated rings. The van der Waals surface area contributed by atoms with Gasteiger partial charge in [-0.15, -0.1) is 0 Å². The molecule has 0 bridgehead atoms. The van der Waals surface area contributed by atoms with Crippen molar-refractivity contribution < 1.29 is 9.53 Å². The molecular weight excluding hydrogens is 354 g/mol. The number of amides is 1. The lowest BCUT2D eigenvalue weighted by atomic mass is 10.1. The number of aliphatic imine (C=N–C) groups is 1. The first-order valence-electron chi connectivity index (χ1n) is 10.2. The minimum Gasteiger partial charge on any atom is -0.450 e. The first kappa shape index (κ1) is 22.0. The fraction of sp³-hybridized carbons (Fsp3) is 0.619. The highest BCUT2D eigenvalue weighted by atomic mass is 16.6. The molecule has 1 aliphatic rings. The van der Waals surface area contributed by atoms with E-state index in [4.69, 9.17) is 9.73 Å². The van der Waals surface area contributed by atoms with Crippen molar-refractivity contribution in [3.63, 3.8) is 0 Å². The minimum absolute atomic E-state index is 0.209. The molecule has 0 radical (unpaired) electrons. The Morgan fingerprint density at radius 1 is 1.25 bits per heavy atom. The van der Waals surface area contributed by atoms with Gasteiger partial charge in [0.1, 0.15) is 0 Å².